The van der Waals surface area contributed by atoms with Crippen LogP contribution in [0.1, 0.15) is 21.1 Å². The molecule has 2 rings (SSSR count). The summed E-state index contributed by atoms with van der Waals surface area (Å²) in [4.78, 5) is 22.7. The maximum absolute atomic E-state index is 11.8. The van der Waals surface area contributed by atoms with Crippen molar-refractivity contribution in [2.24, 2.45) is 0 Å². The smallest absolute Gasteiger partial charge is 0.337 e. The molecular weight excluding hydrogens is 268 g/mol. The highest BCUT2D eigenvalue weighted by Crippen LogP contribution is 2.14. The van der Waals surface area contributed by atoms with E-state index in [1.807, 2.05) is 0 Å². The van der Waals surface area contributed by atoms with E-state index in [0.29, 0.717) is 10.8 Å². The van der Waals surface area contributed by atoms with Crippen LogP contribution in [-0.2, 0) is 11.3 Å². The zero-order valence-corrected chi connectivity index (χ0v) is 11.2. The zero-order chi connectivity index (χ0) is 14.0. The molecule has 0 saturated carbocycles. The average molecular weight is 280 g/mol. The molecule has 0 unspecified atom stereocenters. The van der Waals surface area contributed by atoms with Gasteiger partial charge < -0.3 is 9.67 Å². The second-order valence-electron chi connectivity index (χ2n) is 3.92. The minimum Gasteiger partial charge on any atom is -0.478 e. The minimum atomic E-state index is -1.00. The second-order valence-corrected chi connectivity index (χ2v) is 5.10. The molecule has 2 heterocycles. The van der Waals surface area contributed by atoms with Crippen LogP contribution < -0.4 is 5.32 Å². The Morgan fingerprint density at radius 3 is 2.68 bits per heavy atom. The lowest BCUT2D eigenvalue weighted by molar-refractivity contribution is -0.116. The Balaban J connectivity index is 2.05. The van der Waals surface area contributed by atoms with Crippen molar-refractivity contribution in [3.05, 3.63) is 28.5 Å². The summed E-state index contributed by atoms with van der Waals surface area (Å²) < 4.78 is 1.58. The van der Waals surface area contributed by atoms with Gasteiger partial charge in [0.25, 0.3) is 0 Å². The fraction of sp³-hybridized carbons (Fsp3) is 0.273. The molecule has 0 aliphatic rings. The molecule has 8 heteroatoms. The van der Waals surface area contributed by atoms with E-state index < -0.39 is 5.97 Å². The van der Waals surface area contributed by atoms with Crippen molar-refractivity contribution in [3.63, 3.8) is 0 Å². The molecule has 0 aliphatic heterocycles. The van der Waals surface area contributed by atoms with Gasteiger partial charge in [0.1, 0.15) is 11.6 Å². The molecule has 1 amide bonds. The normalized spacial score (nSPS) is 10.4. The van der Waals surface area contributed by atoms with E-state index in [-0.39, 0.29) is 18.0 Å². The predicted molar refractivity (Wildman–Crippen MR) is 69.4 cm³/mol. The van der Waals surface area contributed by atoms with Crippen LogP contribution in [0.4, 0.5) is 5.13 Å². The Bertz CT molecular complexity index is 632. The molecule has 0 bridgehead atoms. The lowest BCUT2D eigenvalue weighted by atomic mass is 10.2. The lowest BCUT2D eigenvalue weighted by Crippen LogP contribution is -2.19. The van der Waals surface area contributed by atoms with E-state index in [1.54, 1.807) is 24.6 Å². The van der Waals surface area contributed by atoms with Gasteiger partial charge in [0, 0.05) is 11.9 Å². The molecular formula is C11H12N4O3S. The number of aryl methyl sites for hydroxylation is 1. The van der Waals surface area contributed by atoms with Crippen molar-refractivity contribution in [2.75, 3.05) is 5.32 Å². The van der Waals surface area contributed by atoms with Crippen molar-refractivity contribution >= 4 is 28.3 Å². The van der Waals surface area contributed by atoms with Crippen LogP contribution in [0.15, 0.2) is 12.3 Å². The van der Waals surface area contributed by atoms with Gasteiger partial charge in [0.05, 0.1) is 5.56 Å². The number of nitrogens with one attached hydrogen (secondary N) is 1. The van der Waals surface area contributed by atoms with Crippen LogP contribution in [0.5, 0.6) is 0 Å². The molecule has 0 aromatic carbocycles. The molecule has 100 valence electrons. The number of aromatic carboxylic acids is 1. The highest BCUT2D eigenvalue weighted by molar-refractivity contribution is 7.15. The van der Waals surface area contributed by atoms with Gasteiger partial charge in [-0.3, -0.25) is 10.1 Å². The third kappa shape index (κ3) is 2.97. The second kappa shape index (κ2) is 5.19. The highest BCUT2D eigenvalue weighted by Gasteiger charge is 2.13. The molecule has 2 N–H and O–H groups in total. The Morgan fingerprint density at radius 1 is 1.42 bits per heavy atom. The number of hydrogen-bond acceptors (Lipinski definition) is 5. The number of amides is 1. The first-order valence-corrected chi connectivity index (χ1v) is 6.28. The number of aromatic nitrogens is 3. The monoisotopic (exact) mass is 280 g/mol. The summed E-state index contributed by atoms with van der Waals surface area (Å²) in [6, 6.07) is 1.47. The van der Waals surface area contributed by atoms with Gasteiger partial charge in [0.2, 0.25) is 11.0 Å². The maximum atomic E-state index is 11.8. The van der Waals surface area contributed by atoms with E-state index in [2.05, 4.69) is 15.5 Å². The van der Waals surface area contributed by atoms with E-state index >= 15 is 0 Å². The van der Waals surface area contributed by atoms with Gasteiger partial charge in [0.15, 0.2) is 0 Å². The third-order valence-corrected chi connectivity index (χ3v) is 3.31. The summed E-state index contributed by atoms with van der Waals surface area (Å²) >= 11 is 1.28. The molecule has 2 aromatic heterocycles. The standard InChI is InChI=1S/C11H12N4O3S/c1-6-8(10(17)18)3-4-15(6)5-9(16)12-11-14-13-7(2)19-11/h3-4H,5H2,1-2H3,(H,17,18)(H,12,14,16). The molecule has 2 aromatic rings. The van der Waals surface area contributed by atoms with Crippen molar-refractivity contribution in [1.29, 1.82) is 0 Å². The van der Waals surface area contributed by atoms with Gasteiger partial charge in [-0.1, -0.05) is 11.3 Å². The number of anilines is 1. The van der Waals surface area contributed by atoms with E-state index in [9.17, 15) is 9.59 Å². The first-order chi connectivity index (χ1) is 8.97. The zero-order valence-electron chi connectivity index (χ0n) is 10.4. The number of carboxylic acid groups (broad SMARTS) is 1. The summed E-state index contributed by atoms with van der Waals surface area (Å²) in [5.41, 5.74) is 0.732. The Morgan fingerprint density at radius 2 is 2.16 bits per heavy atom. The van der Waals surface area contributed by atoms with Crippen molar-refractivity contribution < 1.29 is 14.7 Å². The minimum absolute atomic E-state index is 0.0394. The Labute approximate surface area is 112 Å². The molecule has 0 aliphatic carbocycles. The fourth-order valence-electron chi connectivity index (χ4n) is 1.61. The average Bonchev–Trinajstić information content (AvgIpc) is 2.87. The van der Waals surface area contributed by atoms with Crippen molar-refractivity contribution in [1.82, 2.24) is 14.8 Å². The summed E-state index contributed by atoms with van der Waals surface area (Å²) in [6.07, 6.45) is 1.57. The van der Waals surface area contributed by atoms with Gasteiger partial charge in [-0.15, -0.1) is 10.2 Å². The molecule has 0 fully saturated rings. The SMILES string of the molecule is Cc1nnc(NC(=O)Cn2ccc(C(=O)O)c2C)s1. The number of carbonyl (C=O) groups is 2. The van der Waals surface area contributed by atoms with Crippen LogP contribution in [0, 0.1) is 13.8 Å². The number of carboxylic acids is 1. The van der Waals surface area contributed by atoms with Gasteiger partial charge in [-0.2, -0.15) is 0 Å². The Kier molecular flexibility index (Phi) is 3.61. The van der Waals surface area contributed by atoms with Crippen LogP contribution in [-0.4, -0.2) is 31.7 Å². The third-order valence-electron chi connectivity index (χ3n) is 2.56. The fourth-order valence-corrected chi connectivity index (χ4v) is 2.22. The topological polar surface area (TPSA) is 97.1 Å². The van der Waals surface area contributed by atoms with E-state index in [0.717, 1.165) is 5.01 Å². The van der Waals surface area contributed by atoms with E-state index in [4.69, 9.17) is 5.11 Å². The van der Waals surface area contributed by atoms with E-state index in [1.165, 1.54) is 17.4 Å². The molecule has 0 spiro atoms. The summed E-state index contributed by atoms with van der Waals surface area (Å²) in [7, 11) is 0. The quantitative estimate of drug-likeness (QED) is 0.879. The summed E-state index contributed by atoms with van der Waals surface area (Å²) in [5, 5.41) is 20.3. The molecule has 0 radical (unpaired) electrons. The maximum Gasteiger partial charge on any atom is 0.337 e. The molecule has 19 heavy (non-hydrogen) atoms. The highest BCUT2D eigenvalue weighted by atomic mass is 32.1. The first kappa shape index (κ1) is 13.2. The first-order valence-electron chi connectivity index (χ1n) is 5.46. The number of hydrogen-bond donors (Lipinski definition) is 2. The Hall–Kier alpha value is -2.22. The predicted octanol–water partition coefficient (Wildman–Crippen LogP) is 1.29. The molecule has 0 saturated heterocycles. The van der Waals surface area contributed by atoms with Crippen LogP contribution in [0.2, 0.25) is 0 Å². The van der Waals surface area contributed by atoms with Gasteiger partial charge in [-0.25, -0.2) is 4.79 Å². The summed E-state index contributed by atoms with van der Waals surface area (Å²) in [6.45, 7) is 3.49. The van der Waals surface area contributed by atoms with Gasteiger partial charge in [-0.05, 0) is 19.9 Å². The van der Waals surface area contributed by atoms with Crippen LogP contribution >= 0.6 is 11.3 Å². The number of carbonyl (C=O) groups excluding carboxylic acids is 1. The number of nitrogens with zero attached hydrogens (tertiary/aromatic N) is 3. The summed E-state index contributed by atoms with van der Waals surface area (Å²) in [5.74, 6) is -1.27. The lowest BCUT2D eigenvalue weighted by Gasteiger charge is -2.05. The van der Waals surface area contributed by atoms with Crippen LogP contribution in [0.25, 0.3) is 0 Å². The van der Waals surface area contributed by atoms with Gasteiger partial charge >= 0.3 is 5.97 Å². The van der Waals surface area contributed by atoms with Crippen molar-refractivity contribution in [3.8, 4) is 0 Å². The molecule has 7 nitrogen and oxygen atoms in total. The van der Waals surface area contributed by atoms with Crippen molar-refractivity contribution in [2.45, 2.75) is 20.4 Å². The molecule has 0 atom stereocenters. The van der Waals surface area contributed by atoms with Crippen LogP contribution in [0.3, 0.4) is 0 Å². The largest absolute Gasteiger partial charge is 0.478 e. The number of rotatable bonds is 4.